The average molecular weight is 273 g/mol. The molecule has 0 spiro atoms. The molecular weight excluding hydrogens is 254 g/mol. The lowest BCUT2D eigenvalue weighted by atomic mass is 10.1. The SMILES string of the molecule is CCCc1ccc(NCc2cc(C(=O)OC)co2)cc1. The largest absolute Gasteiger partial charge is 0.467 e. The first-order chi connectivity index (χ1) is 9.72. The Balaban J connectivity index is 1.91. The summed E-state index contributed by atoms with van der Waals surface area (Å²) >= 11 is 0. The smallest absolute Gasteiger partial charge is 0.341 e. The van der Waals surface area contributed by atoms with E-state index in [9.17, 15) is 4.79 Å². The second-order valence-electron chi connectivity index (χ2n) is 4.59. The lowest BCUT2D eigenvalue weighted by Gasteiger charge is -2.05. The number of carbonyl (C=O) groups is 1. The van der Waals surface area contributed by atoms with Gasteiger partial charge in [-0.05, 0) is 30.2 Å². The highest BCUT2D eigenvalue weighted by Crippen LogP contribution is 2.14. The van der Waals surface area contributed by atoms with Crippen LogP contribution in [0.2, 0.25) is 0 Å². The molecule has 4 nitrogen and oxygen atoms in total. The van der Waals surface area contributed by atoms with Crippen LogP contribution in [0, 0.1) is 0 Å². The number of rotatable bonds is 6. The van der Waals surface area contributed by atoms with E-state index in [0.717, 1.165) is 18.5 Å². The van der Waals surface area contributed by atoms with Crippen LogP contribution in [0.25, 0.3) is 0 Å². The first kappa shape index (κ1) is 14.2. The van der Waals surface area contributed by atoms with Crippen molar-refractivity contribution in [1.29, 1.82) is 0 Å². The van der Waals surface area contributed by atoms with Crippen molar-refractivity contribution < 1.29 is 13.9 Å². The maximum Gasteiger partial charge on any atom is 0.341 e. The molecule has 0 bridgehead atoms. The zero-order chi connectivity index (χ0) is 14.4. The fraction of sp³-hybridized carbons (Fsp3) is 0.312. The Morgan fingerprint density at radius 2 is 2.05 bits per heavy atom. The van der Waals surface area contributed by atoms with Crippen LogP contribution in [0.4, 0.5) is 5.69 Å². The van der Waals surface area contributed by atoms with Crippen molar-refractivity contribution in [3.63, 3.8) is 0 Å². The fourth-order valence-electron chi connectivity index (χ4n) is 1.97. The number of aryl methyl sites for hydroxylation is 1. The minimum atomic E-state index is -0.385. The van der Waals surface area contributed by atoms with Gasteiger partial charge >= 0.3 is 5.97 Å². The van der Waals surface area contributed by atoms with Gasteiger partial charge in [0.05, 0.1) is 19.2 Å². The van der Waals surface area contributed by atoms with Gasteiger partial charge in [0, 0.05) is 5.69 Å². The number of furan rings is 1. The van der Waals surface area contributed by atoms with Crippen molar-refractivity contribution in [2.45, 2.75) is 26.3 Å². The van der Waals surface area contributed by atoms with Crippen molar-refractivity contribution in [3.8, 4) is 0 Å². The number of esters is 1. The Labute approximate surface area is 118 Å². The molecular formula is C16H19NO3. The maximum absolute atomic E-state index is 11.3. The fourth-order valence-corrected chi connectivity index (χ4v) is 1.97. The molecule has 1 aromatic heterocycles. The van der Waals surface area contributed by atoms with E-state index in [0.29, 0.717) is 17.9 Å². The highest BCUT2D eigenvalue weighted by Gasteiger charge is 2.09. The number of methoxy groups -OCH3 is 1. The van der Waals surface area contributed by atoms with Gasteiger partial charge in [0.1, 0.15) is 12.0 Å². The number of hydrogen-bond donors (Lipinski definition) is 1. The molecule has 1 aromatic carbocycles. The molecule has 0 unspecified atom stereocenters. The second kappa shape index (κ2) is 6.80. The Morgan fingerprint density at radius 1 is 1.30 bits per heavy atom. The van der Waals surface area contributed by atoms with Gasteiger partial charge in [-0.1, -0.05) is 25.5 Å². The van der Waals surface area contributed by atoms with Gasteiger partial charge in [0.2, 0.25) is 0 Å². The summed E-state index contributed by atoms with van der Waals surface area (Å²) in [6.45, 7) is 2.70. The highest BCUT2D eigenvalue weighted by molar-refractivity contribution is 5.88. The Morgan fingerprint density at radius 3 is 2.70 bits per heavy atom. The molecule has 0 saturated carbocycles. The minimum absolute atomic E-state index is 0.385. The van der Waals surface area contributed by atoms with E-state index in [1.54, 1.807) is 6.07 Å². The van der Waals surface area contributed by atoms with Gasteiger partial charge in [-0.15, -0.1) is 0 Å². The van der Waals surface area contributed by atoms with Crippen LogP contribution in [0.1, 0.15) is 35.0 Å². The number of ether oxygens (including phenoxy) is 1. The molecule has 4 heteroatoms. The van der Waals surface area contributed by atoms with E-state index >= 15 is 0 Å². The highest BCUT2D eigenvalue weighted by atomic mass is 16.5. The number of anilines is 1. The van der Waals surface area contributed by atoms with Gasteiger partial charge < -0.3 is 14.5 Å². The van der Waals surface area contributed by atoms with Crippen LogP contribution in [0.3, 0.4) is 0 Å². The third kappa shape index (κ3) is 3.63. The van der Waals surface area contributed by atoms with Crippen LogP contribution < -0.4 is 5.32 Å². The maximum atomic E-state index is 11.3. The molecule has 2 aromatic rings. The van der Waals surface area contributed by atoms with Gasteiger partial charge in [0.15, 0.2) is 0 Å². The number of benzene rings is 1. The van der Waals surface area contributed by atoms with E-state index in [4.69, 9.17) is 4.42 Å². The number of hydrogen-bond acceptors (Lipinski definition) is 4. The molecule has 0 aliphatic carbocycles. The first-order valence-corrected chi connectivity index (χ1v) is 6.71. The van der Waals surface area contributed by atoms with Gasteiger partial charge in [-0.25, -0.2) is 4.79 Å². The van der Waals surface area contributed by atoms with Crippen molar-refractivity contribution in [2.24, 2.45) is 0 Å². The van der Waals surface area contributed by atoms with E-state index in [2.05, 4.69) is 41.2 Å². The topological polar surface area (TPSA) is 51.5 Å². The Bertz CT molecular complexity index is 557. The molecule has 106 valence electrons. The monoisotopic (exact) mass is 273 g/mol. The van der Waals surface area contributed by atoms with Crippen LogP contribution in [-0.4, -0.2) is 13.1 Å². The molecule has 20 heavy (non-hydrogen) atoms. The molecule has 1 heterocycles. The predicted octanol–water partition coefficient (Wildman–Crippen LogP) is 3.63. The molecule has 2 rings (SSSR count). The van der Waals surface area contributed by atoms with E-state index < -0.39 is 0 Å². The third-order valence-corrected chi connectivity index (χ3v) is 3.03. The van der Waals surface area contributed by atoms with Crippen molar-refractivity contribution in [2.75, 3.05) is 12.4 Å². The molecule has 0 aliphatic rings. The first-order valence-electron chi connectivity index (χ1n) is 6.71. The van der Waals surface area contributed by atoms with Crippen LogP contribution >= 0.6 is 0 Å². The predicted molar refractivity (Wildman–Crippen MR) is 77.8 cm³/mol. The standard InChI is InChI=1S/C16H19NO3/c1-3-4-12-5-7-14(8-6-12)17-10-15-9-13(11-20-15)16(18)19-2/h5-9,11,17H,3-4,10H2,1-2H3. The summed E-state index contributed by atoms with van der Waals surface area (Å²) in [4.78, 5) is 11.3. The minimum Gasteiger partial charge on any atom is -0.467 e. The zero-order valence-corrected chi connectivity index (χ0v) is 11.8. The number of nitrogens with one attached hydrogen (secondary N) is 1. The number of carbonyl (C=O) groups excluding carboxylic acids is 1. The molecule has 0 fully saturated rings. The molecule has 0 atom stereocenters. The third-order valence-electron chi connectivity index (χ3n) is 3.03. The summed E-state index contributed by atoms with van der Waals surface area (Å²) < 4.78 is 9.94. The summed E-state index contributed by atoms with van der Waals surface area (Å²) in [5, 5.41) is 3.25. The lowest BCUT2D eigenvalue weighted by Crippen LogP contribution is -2.00. The Hall–Kier alpha value is -2.23. The normalized spacial score (nSPS) is 10.3. The second-order valence-corrected chi connectivity index (χ2v) is 4.59. The molecule has 0 radical (unpaired) electrons. The van der Waals surface area contributed by atoms with Crippen molar-refractivity contribution in [3.05, 3.63) is 53.5 Å². The summed E-state index contributed by atoms with van der Waals surface area (Å²) in [6.07, 6.45) is 3.66. The van der Waals surface area contributed by atoms with Gasteiger partial charge in [-0.3, -0.25) is 0 Å². The summed E-state index contributed by atoms with van der Waals surface area (Å²) in [5.41, 5.74) is 2.80. The molecule has 1 N–H and O–H groups in total. The zero-order valence-electron chi connectivity index (χ0n) is 11.8. The molecule has 0 amide bonds. The summed E-state index contributed by atoms with van der Waals surface area (Å²) in [5.74, 6) is 0.312. The van der Waals surface area contributed by atoms with Crippen LogP contribution in [0.5, 0.6) is 0 Å². The van der Waals surface area contributed by atoms with Crippen LogP contribution in [0.15, 0.2) is 41.0 Å². The summed E-state index contributed by atoms with van der Waals surface area (Å²) in [7, 11) is 1.35. The van der Waals surface area contributed by atoms with E-state index in [1.807, 2.05) is 0 Å². The van der Waals surface area contributed by atoms with Gasteiger partial charge in [-0.2, -0.15) is 0 Å². The van der Waals surface area contributed by atoms with Gasteiger partial charge in [0.25, 0.3) is 0 Å². The molecule has 0 aliphatic heterocycles. The molecule has 0 saturated heterocycles. The van der Waals surface area contributed by atoms with E-state index in [-0.39, 0.29) is 5.97 Å². The van der Waals surface area contributed by atoms with Crippen molar-refractivity contribution >= 4 is 11.7 Å². The quantitative estimate of drug-likeness (QED) is 0.816. The average Bonchev–Trinajstić information content (AvgIpc) is 2.95. The summed E-state index contributed by atoms with van der Waals surface area (Å²) in [6, 6.07) is 10.0. The van der Waals surface area contributed by atoms with E-state index in [1.165, 1.54) is 18.9 Å². The van der Waals surface area contributed by atoms with Crippen LogP contribution in [-0.2, 0) is 17.7 Å². The Kier molecular flexibility index (Phi) is 4.82. The van der Waals surface area contributed by atoms with Crippen molar-refractivity contribution in [1.82, 2.24) is 0 Å². The lowest BCUT2D eigenvalue weighted by molar-refractivity contribution is 0.0600.